The largest absolute Gasteiger partial charge is 0.506 e. The number of rotatable bonds is 7. The summed E-state index contributed by atoms with van der Waals surface area (Å²) < 4.78 is 5.22. The number of carbonyl (C=O) groups is 2. The van der Waals surface area contributed by atoms with Crippen molar-refractivity contribution in [1.82, 2.24) is 4.90 Å². The SMILES string of the molecule is CCCCN1C(=O)C[C@H](C(=O)Nc2ccccc2O)[C@H]1c1ccc(OC)cc1. The summed E-state index contributed by atoms with van der Waals surface area (Å²) >= 11 is 0. The van der Waals surface area contributed by atoms with Gasteiger partial charge in [-0.2, -0.15) is 0 Å². The van der Waals surface area contributed by atoms with Crippen molar-refractivity contribution in [2.45, 2.75) is 32.2 Å². The van der Waals surface area contributed by atoms with Gasteiger partial charge in [0.05, 0.1) is 24.8 Å². The second-order valence-corrected chi connectivity index (χ2v) is 6.98. The first-order valence-electron chi connectivity index (χ1n) is 9.57. The lowest BCUT2D eigenvalue weighted by molar-refractivity contribution is -0.129. The third-order valence-corrected chi connectivity index (χ3v) is 5.14. The average molecular weight is 382 g/mol. The molecule has 1 saturated heterocycles. The number of anilines is 1. The van der Waals surface area contributed by atoms with E-state index in [1.54, 1.807) is 30.2 Å². The van der Waals surface area contributed by atoms with Crippen LogP contribution in [0.4, 0.5) is 5.69 Å². The van der Waals surface area contributed by atoms with Crippen molar-refractivity contribution in [3.05, 3.63) is 54.1 Å². The Labute approximate surface area is 165 Å². The second kappa shape index (κ2) is 8.78. The standard InChI is InChI=1S/C22H26N2O4/c1-3-4-13-24-20(26)14-17(21(24)15-9-11-16(28-2)12-10-15)22(27)23-18-7-5-6-8-19(18)25/h5-12,17,21,25H,3-4,13-14H2,1-2H3,(H,23,27)/t17-,21+/m0/s1. The van der Waals surface area contributed by atoms with Crippen molar-refractivity contribution < 1.29 is 19.4 Å². The first kappa shape index (κ1) is 19.7. The molecule has 0 aliphatic carbocycles. The molecule has 2 atom stereocenters. The van der Waals surface area contributed by atoms with Gasteiger partial charge in [0.25, 0.3) is 0 Å². The van der Waals surface area contributed by atoms with Crippen molar-refractivity contribution in [1.29, 1.82) is 0 Å². The van der Waals surface area contributed by atoms with Gasteiger partial charge in [-0.15, -0.1) is 0 Å². The van der Waals surface area contributed by atoms with E-state index in [0.29, 0.717) is 12.2 Å². The van der Waals surface area contributed by atoms with E-state index in [2.05, 4.69) is 12.2 Å². The highest BCUT2D eigenvalue weighted by Gasteiger charge is 2.44. The molecule has 2 amide bonds. The minimum absolute atomic E-state index is 0.00371. The van der Waals surface area contributed by atoms with Crippen LogP contribution in [0.25, 0.3) is 0 Å². The van der Waals surface area contributed by atoms with E-state index in [1.165, 1.54) is 6.07 Å². The van der Waals surface area contributed by atoms with Gasteiger partial charge < -0.3 is 20.1 Å². The molecular weight excluding hydrogens is 356 g/mol. The van der Waals surface area contributed by atoms with Crippen molar-refractivity contribution in [2.75, 3.05) is 19.0 Å². The van der Waals surface area contributed by atoms with Crippen LogP contribution in [0.15, 0.2) is 48.5 Å². The van der Waals surface area contributed by atoms with Gasteiger partial charge in [0.15, 0.2) is 0 Å². The maximum Gasteiger partial charge on any atom is 0.230 e. The number of likely N-dealkylation sites (tertiary alicyclic amines) is 1. The molecule has 2 N–H and O–H groups in total. The first-order valence-corrected chi connectivity index (χ1v) is 9.57. The molecule has 2 aromatic rings. The van der Waals surface area contributed by atoms with Crippen molar-refractivity contribution in [3.8, 4) is 11.5 Å². The maximum atomic E-state index is 13.0. The van der Waals surface area contributed by atoms with Gasteiger partial charge in [0.1, 0.15) is 11.5 Å². The number of hydrogen-bond donors (Lipinski definition) is 2. The molecule has 1 aliphatic heterocycles. The zero-order valence-electron chi connectivity index (χ0n) is 16.2. The smallest absolute Gasteiger partial charge is 0.230 e. The van der Waals surface area contributed by atoms with Crippen LogP contribution in [0.5, 0.6) is 11.5 Å². The molecule has 0 bridgehead atoms. The summed E-state index contributed by atoms with van der Waals surface area (Å²) in [6.07, 6.45) is 2.00. The lowest BCUT2D eigenvalue weighted by atomic mass is 9.92. The Morgan fingerprint density at radius 3 is 2.57 bits per heavy atom. The van der Waals surface area contributed by atoms with Gasteiger partial charge in [-0.25, -0.2) is 0 Å². The molecule has 148 valence electrons. The zero-order valence-corrected chi connectivity index (χ0v) is 16.2. The Hall–Kier alpha value is -3.02. The lowest BCUT2D eigenvalue weighted by Crippen LogP contribution is -2.33. The van der Waals surface area contributed by atoms with E-state index >= 15 is 0 Å². The fourth-order valence-electron chi connectivity index (χ4n) is 3.64. The number of phenolic OH excluding ortho intramolecular Hbond substituents is 1. The quantitative estimate of drug-likeness (QED) is 0.715. The maximum absolute atomic E-state index is 13.0. The summed E-state index contributed by atoms with van der Waals surface area (Å²) in [5.41, 5.74) is 1.25. The lowest BCUT2D eigenvalue weighted by Gasteiger charge is -2.28. The van der Waals surface area contributed by atoms with E-state index < -0.39 is 5.92 Å². The zero-order chi connectivity index (χ0) is 20.1. The summed E-state index contributed by atoms with van der Waals surface area (Å²) in [6.45, 7) is 2.69. The Morgan fingerprint density at radius 2 is 1.93 bits per heavy atom. The van der Waals surface area contributed by atoms with E-state index in [9.17, 15) is 14.7 Å². The minimum atomic E-state index is -0.530. The predicted octanol–water partition coefficient (Wildman–Crippen LogP) is 3.73. The average Bonchev–Trinajstić information content (AvgIpc) is 3.04. The molecule has 1 fully saturated rings. The number of aromatic hydroxyl groups is 1. The second-order valence-electron chi connectivity index (χ2n) is 6.98. The summed E-state index contributed by atoms with van der Waals surface area (Å²) in [5.74, 6) is -0.0915. The number of nitrogens with one attached hydrogen (secondary N) is 1. The number of phenols is 1. The molecule has 0 aromatic heterocycles. The van der Waals surface area contributed by atoms with Crippen LogP contribution >= 0.6 is 0 Å². The van der Waals surface area contributed by atoms with Gasteiger partial charge in [0.2, 0.25) is 11.8 Å². The highest BCUT2D eigenvalue weighted by molar-refractivity contribution is 5.98. The number of methoxy groups -OCH3 is 1. The number of benzene rings is 2. The molecule has 6 heteroatoms. The molecule has 1 heterocycles. The van der Waals surface area contributed by atoms with E-state index in [1.807, 2.05) is 24.3 Å². The highest BCUT2D eigenvalue weighted by Crippen LogP contribution is 2.40. The first-order chi connectivity index (χ1) is 13.5. The number of carbonyl (C=O) groups excluding carboxylic acids is 2. The fourth-order valence-corrected chi connectivity index (χ4v) is 3.64. The molecule has 2 aromatic carbocycles. The van der Waals surface area contributed by atoms with E-state index in [4.69, 9.17) is 4.74 Å². The van der Waals surface area contributed by atoms with Crippen LogP contribution in [0.1, 0.15) is 37.8 Å². The number of para-hydroxylation sites is 2. The number of nitrogens with zero attached hydrogens (tertiary/aromatic N) is 1. The normalized spacial score (nSPS) is 18.9. The third kappa shape index (κ3) is 4.11. The molecule has 6 nitrogen and oxygen atoms in total. The number of hydrogen-bond acceptors (Lipinski definition) is 4. The fraction of sp³-hybridized carbons (Fsp3) is 0.364. The van der Waals surface area contributed by atoms with Crippen LogP contribution in [0.2, 0.25) is 0 Å². The molecule has 0 saturated carbocycles. The van der Waals surface area contributed by atoms with Crippen LogP contribution in [-0.2, 0) is 9.59 Å². The summed E-state index contributed by atoms with van der Waals surface area (Å²) in [5, 5.41) is 12.7. The predicted molar refractivity (Wildman–Crippen MR) is 107 cm³/mol. The number of amides is 2. The Bertz CT molecular complexity index is 835. The van der Waals surface area contributed by atoms with E-state index in [0.717, 1.165) is 24.2 Å². The molecule has 3 rings (SSSR count). The topological polar surface area (TPSA) is 78.9 Å². The molecule has 0 radical (unpaired) electrons. The van der Waals surface area contributed by atoms with Crippen LogP contribution < -0.4 is 10.1 Å². The Kier molecular flexibility index (Phi) is 6.19. The van der Waals surface area contributed by atoms with Crippen LogP contribution in [0, 0.1) is 5.92 Å². The molecule has 0 unspecified atom stereocenters. The van der Waals surface area contributed by atoms with Gasteiger partial charge in [0, 0.05) is 13.0 Å². The minimum Gasteiger partial charge on any atom is -0.506 e. The van der Waals surface area contributed by atoms with Crippen molar-refractivity contribution in [3.63, 3.8) is 0 Å². The third-order valence-electron chi connectivity index (χ3n) is 5.14. The summed E-state index contributed by atoms with van der Waals surface area (Å²) in [7, 11) is 1.60. The van der Waals surface area contributed by atoms with E-state index in [-0.39, 0.29) is 30.0 Å². The van der Waals surface area contributed by atoms with Gasteiger partial charge in [-0.1, -0.05) is 37.6 Å². The van der Waals surface area contributed by atoms with Gasteiger partial charge in [-0.3, -0.25) is 9.59 Å². The molecule has 0 spiro atoms. The summed E-state index contributed by atoms with van der Waals surface area (Å²) in [4.78, 5) is 27.5. The Morgan fingerprint density at radius 1 is 1.21 bits per heavy atom. The van der Waals surface area contributed by atoms with Crippen molar-refractivity contribution >= 4 is 17.5 Å². The van der Waals surface area contributed by atoms with Gasteiger partial charge in [-0.05, 0) is 36.2 Å². The van der Waals surface area contributed by atoms with Crippen LogP contribution in [-0.4, -0.2) is 35.5 Å². The summed E-state index contributed by atoms with van der Waals surface area (Å²) in [6, 6.07) is 13.7. The number of unbranched alkanes of at least 4 members (excludes halogenated alkanes) is 1. The van der Waals surface area contributed by atoms with Gasteiger partial charge >= 0.3 is 0 Å². The highest BCUT2D eigenvalue weighted by atomic mass is 16.5. The number of ether oxygens (including phenoxy) is 1. The van der Waals surface area contributed by atoms with Crippen LogP contribution in [0.3, 0.4) is 0 Å². The molecule has 1 aliphatic rings. The van der Waals surface area contributed by atoms with Crippen molar-refractivity contribution in [2.24, 2.45) is 5.92 Å². The monoisotopic (exact) mass is 382 g/mol. The molecule has 28 heavy (non-hydrogen) atoms. The molecular formula is C22H26N2O4. The Balaban J connectivity index is 1.89.